The van der Waals surface area contributed by atoms with Crippen molar-refractivity contribution in [2.75, 3.05) is 13.2 Å². The Kier molecular flexibility index (Phi) is 3.91. The lowest BCUT2D eigenvalue weighted by molar-refractivity contribution is -0.134. The topological polar surface area (TPSA) is 62.1 Å². The summed E-state index contributed by atoms with van der Waals surface area (Å²) in [5, 5.41) is 12.5. The third-order valence-electron chi connectivity index (χ3n) is 4.37. The summed E-state index contributed by atoms with van der Waals surface area (Å²) in [6.07, 6.45) is 6.67. The van der Waals surface area contributed by atoms with Gasteiger partial charge < -0.3 is 10.1 Å². The van der Waals surface area contributed by atoms with Crippen LogP contribution < -0.4 is 5.32 Å². The zero-order valence-electron chi connectivity index (χ0n) is 11.1. The van der Waals surface area contributed by atoms with Crippen LogP contribution in [0.5, 0.6) is 0 Å². The molecule has 0 aromatic heterocycles. The Morgan fingerprint density at radius 2 is 1.78 bits per heavy atom. The number of carbonyl (C=O) groups excluding carboxylic acids is 1. The van der Waals surface area contributed by atoms with Crippen LogP contribution in [-0.2, 0) is 9.53 Å². The summed E-state index contributed by atoms with van der Waals surface area (Å²) in [6.45, 7) is 3.13. The predicted molar refractivity (Wildman–Crippen MR) is 67.7 cm³/mol. The molecule has 2 aliphatic rings. The van der Waals surface area contributed by atoms with Crippen LogP contribution in [0.4, 0.5) is 0 Å². The lowest BCUT2D eigenvalue weighted by atomic mass is 9.78. The molecule has 1 N–H and O–H groups in total. The van der Waals surface area contributed by atoms with Crippen LogP contribution in [0.2, 0.25) is 0 Å². The molecule has 100 valence electrons. The molecule has 0 aromatic carbocycles. The Hall–Kier alpha value is -1.08. The fraction of sp³-hybridized carbons (Fsp3) is 0.857. The van der Waals surface area contributed by atoms with Gasteiger partial charge in [-0.3, -0.25) is 4.79 Å². The van der Waals surface area contributed by atoms with Crippen molar-refractivity contribution in [2.45, 2.75) is 57.4 Å². The number of hydrogen-bond acceptors (Lipinski definition) is 3. The average Bonchev–Trinajstić information content (AvgIpc) is 2.39. The van der Waals surface area contributed by atoms with E-state index in [9.17, 15) is 10.1 Å². The van der Waals surface area contributed by atoms with Gasteiger partial charge in [0.2, 0.25) is 5.91 Å². The van der Waals surface area contributed by atoms with Crippen molar-refractivity contribution in [1.82, 2.24) is 5.32 Å². The minimum absolute atomic E-state index is 0.0855. The third-order valence-corrected chi connectivity index (χ3v) is 4.37. The first-order valence-corrected chi connectivity index (χ1v) is 6.92. The second-order valence-electron chi connectivity index (χ2n) is 5.88. The lowest BCUT2D eigenvalue weighted by Gasteiger charge is -2.38. The van der Waals surface area contributed by atoms with Gasteiger partial charge in [0.15, 0.2) is 0 Å². The molecule has 1 aliphatic carbocycles. The smallest absolute Gasteiger partial charge is 0.241 e. The van der Waals surface area contributed by atoms with E-state index >= 15 is 0 Å². The van der Waals surface area contributed by atoms with Crippen molar-refractivity contribution in [1.29, 1.82) is 5.26 Å². The highest BCUT2D eigenvalue weighted by Crippen LogP contribution is 2.33. The number of rotatable bonds is 2. The van der Waals surface area contributed by atoms with E-state index in [2.05, 4.69) is 18.3 Å². The zero-order valence-corrected chi connectivity index (χ0v) is 11.1. The first-order valence-electron chi connectivity index (χ1n) is 6.92. The molecule has 0 aromatic rings. The molecule has 0 bridgehead atoms. The minimum atomic E-state index is -0.862. The zero-order chi connectivity index (χ0) is 13.1. The second kappa shape index (κ2) is 5.27. The van der Waals surface area contributed by atoms with Crippen molar-refractivity contribution < 1.29 is 9.53 Å². The van der Waals surface area contributed by atoms with E-state index < -0.39 is 5.41 Å². The Bertz CT molecular complexity index is 347. The van der Waals surface area contributed by atoms with Crippen LogP contribution in [0.25, 0.3) is 0 Å². The van der Waals surface area contributed by atoms with E-state index in [-0.39, 0.29) is 11.4 Å². The summed E-state index contributed by atoms with van der Waals surface area (Å²) >= 11 is 0. The van der Waals surface area contributed by atoms with Crippen molar-refractivity contribution >= 4 is 5.91 Å². The molecule has 0 radical (unpaired) electrons. The van der Waals surface area contributed by atoms with Gasteiger partial charge in [0, 0.05) is 18.8 Å². The SMILES string of the molecule is CC1(NC(=O)C2(C#N)CCOCC2)CCCCC1. The highest BCUT2D eigenvalue weighted by molar-refractivity contribution is 5.86. The van der Waals surface area contributed by atoms with Crippen LogP contribution in [0.15, 0.2) is 0 Å². The number of carbonyl (C=O) groups is 1. The summed E-state index contributed by atoms with van der Waals surface area (Å²) < 4.78 is 5.26. The average molecular weight is 250 g/mol. The first-order chi connectivity index (χ1) is 8.60. The van der Waals surface area contributed by atoms with Gasteiger partial charge in [0.05, 0.1) is 6.07 Å². The molecule has 4 nitrogen and oxygen atoms in total. The molecule has 0 atom stereocenters. The van der Waals surface area contributed by atoms with Crippen LogP contribution in [-0.4, -0.2) is 24.7 Å². The molecular weight excluding hydrogens is 228 g/mol. The molecule has 18 heavy (non-hydrogen) atoms. The molecule has 2 rings (SSSR count). The summed E-state index contributed by atoms with van der Waals surface area (Å²) in [6, 6.07) is 2.23. The molecule has 1 heterocycles. The van der Waals surface area contributed by atoms with Crippen molar-refractivity contribution in [2.24, 2.45) is 5.41 Å². The summed E-state index contributed by atoms with van der Waals surface area (Å²) in [5.41, 5.74) is -0.976. The highest BCUT2D eigenvalue weighted by Gasteiger charge is 2.43. The van der Waals surface area contributed by atoms with Crippen LogP contribution >= 0.6 is 0 Å². The fourth-order valence-corrected chi connectivity index (χ4v) is 2.96. The van der Waals surface area contributed by atoms with Crippen molar-refractivity contribution in [3.8, 4) is 6.07 Å². The van der Waals surface area contributed by atoms with E-state index in [0.717, 1.165) is 12.8 Å². The van der Waals surface area contributed by atoms with Gasteiger partial charge >= 0.3 is 0 Å². The standard InChI is InChI=1S/C14H22N2O2/c1-13(5-3-2-4-6-13)16-12(17)14(11-15)7-9-18-10-8-14/h2-10H2,1H3,(H,16,17). The number of nitrogens with one attached hydrogen (secondary N) is 1. The number of nitriles is 1. The van der Waals surface area contributed by atoms with Gasteiger partial charge in [-0.1, -0.05) is 19.3 Å². The second-order valence-corrected chi connectivity index (χ2v) is 5.88. The highest BCUT2D eigenvalue weighted by atomic mass is 16.5. The maximum absolute atomic E-state index is 12.4. The number of ether oxygens (including phenoxy) is 1. The molecule has 1 saturated heterocycles. The van der Waals surface area contributed by atoms with E-state index in [0.29, 0.717) is 26.1 Å². The van der Waals surface area contributed by atoms with Gasteiger partial charge in [-0.25, -0.2) is 0 Å². The van der Waals surface area contributed by atoms with Crippen LogP contribution in [0, 0.1) is 16.7 Å². The van der Waals surface area contributed by atoms with E-state index in [1.807, 2.05) is 0 Å². The summed E-state index contributed by atoms with van der Waals surface area (Å²) in [7, 11) is 0. The van der Waals surface area contributed by atoms with E-state index in [1.54, 1.807) is 0 Å². The van der Waals surface area contributed by atoms with Gasteiger partial charge in [0.1, 0.15) is 5.41 Å². The molecular formula is C14H22N2O2. The van der Waals surface area contributed by atoms with Crippen LogP contribution in [0.1, 0.15) is 51.9 Å². The fourth-order valence-electron chi connectivity index (χ4n) is 2.96. The molecule has 0 spiro atoms. The monoisotopic (exact) mass is 250 g/mol. The first kappa shape index (κ1) is 13.4. The maximum atomic E-state index is 12.4. The number of nitrogens with zero attached hydrogens (tertiary/aromatic N) is 1. The molecule has 4 heteroatoms. The minimum Gasteiger partial charge on any atom is -0.381 e. The number of hydrogen-bond donors (Lipinski definition) is 1. The van der Waals surface area contributed by atoms with Gasteiger partial charge in [-0.2, -0.15) is 5.26 Å². The Labute approximate surface area is 109 Å². The largest absolute Gasteiger partial charge is 0.381 e. The third kappa shape index (κ3) is 2.67. The normalized spacial score (nSPS) is 26.0. The molecule has 1 saturated carbocycles. The quantitative estimate of drug-likeness (QED) is 0.816. The molecule has 2 fully saturated rings. The van der Waals surface area contributed by atoms with Crippen molar-refractivity contribution in [3.63, 3.8) is 0 Å². The van der Waals surface area contributed by atoms with E-state index in [4.69, 9.17) is 4.74 Å². The lowest BCUT2D eigenvalue weighted by Crippen LogP contribution is -2.53. The molecule has 0 unspecified atom stereocenters. The maximum Gasteiger partial charge on any atom is 0.241 e. The molecule has 1 amide bonds. The molecule has 1 aliphatic heterocycles. The van der Waals surface area contributed by atoms with E-state index in [1.165, 1.54) is 19.3 Å². The van der Waals surface area contributed by atoms with Crippen molar-refractivity contribution in [3.05, 3.63) is 0 Å². The van der Waals surface area contributed by atoms with Gasteiger partial charge in [-0.05, 0) is 32.6 Å². The number of amides is 1. The Balaban J connectivity index is 2.03. The Morgan fingerprint density at radius 3 is 2.33 bits per heavy atom. The summed E-state index contributed by atoms with van der Waals surface area (Å²) in [5.74, 6) is -0.0855. The predicted octanol–water partition coefficient (Wildman–Crippen LogP) is 2.15. The Morgan fingerprint density at radius 1 is 1.17 bits per heavy atom. The summed E-state index contributed by atoms with van der Waals surface area (Å²) in [4.78, 5) is 12.4. The van der Waals surface area contributed by atoms with Gasteiger partial charge in [0.25, 0.3) is 0 Å². The van der Waals surface area contributed by atoms with Crippen LogP contribution in [0.3, 0.4) is 0 Å². The van der Waals surface area contributed by atoms with Gasteiger partial charge in [-0.15, -0.1) is 0 Å².